The number of nitrogens with zero attached hydrogens (tertiary/aromatic N) is 1. The maximum atomic E-state index is 11.6. The lowest BCUT2D eigenvalue weighted by Crippen LogP contribution is -2.37. The number of urea groups is 1. The van der Waals surface area contributed by atoms with Crippen LogP contribution in [-0.4, -0.2) is 35.6 Å². The zero-order valence-electron chi connectivity index (χ0n) is 9.27. The summed E-state index contributed by atoms with van der Waals surface area (Å²) in [6.07, 6.45) is -0.0653. The van der Waals surface area contributed by atoms with Gasteiger partial charge in [-0.25, -0.2) is 4.79 Å². The van der Waals surface area contributed by atoms with Gasteiger partial charge in [0.15, 0.2) is 0 Å². The molecular formula is C10H13BrN2O3S. The maximum Gasteiger partial charge on any atom is 0.317 e. The van der Waals surface area contributed by atoms with E-state index in [0.29, 0.717) is 6.54 Å². The summed E-state index contributed by atoms with van der Waals surface area (Å²) in [7, 11) is 1.67. The van der Waals surface area contributed by atoms with Gasteiger partial charge in [-0.1, -0.05) is 0 Å². The van der Waals surface area contributed by atoms with Crippen LogP contribution in [0.1, 0.15) is 11.3 Å². The number of halogens is 1. The summed E-state index contributed by atoms with van der Waals surface area (Å²) in [5, 5.41) is 11.0. The highest BCUT2D eigenvalue weighted by atomic mass is 79.9. The van der Waals surface area contributed by atoms with E-state index in [2.05, 4.69) is 21.2 Å². The Morgan fingerprint density at radius 1 is 1.53 bits per heavy atom. The summed E-state index contributed by atoms with van der Waals surface area (Å²) in [5.41, 5.74) is 0. The molecule has 1 heterocycles. The SMILES string of the molecule is CN(Cc1ccc(Br)s1)C(=O)NCCC(=O)O. The van der Waals surface area contributed by atoms with Crippen LogP contribution >= 0.6 is 27.3 Å². The highest BCUT2D eigenvalue weighted by molar-refractivity contribution is 9.11. The fourth-order valence-corrected chi connectivity index (χ4v) is 2.69. The van der Waals surface area contributed by atoms with Gasteiger partial charge in [0.2, 0.25) is 0 Å². The predicted molar refractivity (Wildman–Crippen MR) is 69.1 cm³/mol. The monoisotopic (exact) mass is 320 g/mol. The molecule has 0 bridgehead atoms. The van der Waals surface area contributed by atoms with Gasteiger partial charge in [-0.05, 0) is 28.1 Å². The van der Waals surface area contributed by atoms with Crippen molar-refractivity contribution in [2.24, 2.45) is 0 Å². The maximum absolute atomic E-state index is 11.6. The van der Waals surface area contributed by atoms with Crippen LogP contribution in [-0.2, 0) is 11.3 Å². The standard InChI is InChI=1S/C10H13BrN2O3S/c1-13(6-7-2-3-8(11)17-7)10(16)12-5-4-9(14)15/h2-3H,4-6H2,1H3,(H,12,16)(H,14,15). The Morgan fingerprint density at radius 2 is 2.24 bits per heavy atom. The van der Waals surface area contributed by atoms with Gasteiger partial charge in [-0.15, -0.1) is 11.3 Å². The first-order chi connectivity index (χ1) is 7.99. The summed E-state index contributed by atoms with van der Waals surface area (Å²) in [6, 6.07) is 3.60. The minimum atomic E-state index is -0.921. The van der Waals surface area contributed by atoms with Gasteiger partial charge in [0.25, 0.3) is 0 Å². The minimum Gasteiger partial charge on any atom is -0.481 e. The first-order valence-electron chi connectivity index (χ1n) is 4.94. The molecule has 2 amide bonds. The number of carbonyl (C=O) groups excluding carboxylic acids is 1. The van der Waals surface area contributed by atoms with E-state index >= 15 is 0 Å². The summed E-state index contributed by atoms with van der Waals surface area (Å²) < 4.78 is 1.02. The number of thiophene rings is 1. The van der Waals surface area contributed by atoms with Crippen molar-refractivity contribution in [3.63, 3.8) is 0 Å². The summed E-state index contributed by atoms with van der Waals surface area (Å²) in [6.45, 7) is 0.655. The molecule has 1 aromatic heterocycles. The number of carbonyl (C=O) groups is 2. The quantitative estimate of drug-likeness (QED) is 0.873. The van der Waals surface area contributed by atoms with Crippen molar-refractivity contribution in [2.75, 3.05) is 13.6 Å². The van der Waals surface area contributed by atoms with Crippen LogP contribution in [0.4, 0.5) is 4.79 Å². The van der Waals surface area contributed by atoms with E-state index in [0.717, 1.165) is 8.66 Å². The van der Waals surface area contributed by atoms with E-state index in [1.165, 1.54) is 4.90 Å². The molecule has 0 unspecified atom stereocenters. The van der Waals surface area contributed by atoms with Gasteiger partial charge < -0.3 is 15.3 Å². The second-order valence-electron chi connectivity index (χ2n) is 3.44. The Labute approximate surface area is 112 Å². The van der Waals surface area contributed by atoms with Crippen molar-refractivity contribution < 1.29 is 14.7 Å². The third-order valence-corrected chi connectivity index (χ3v) is 3.59. The fraction of sp³-hybridized carbons (Fsp3) is 0.400. The van der Waals surface area contributed by atoms with Crippen molar-refractivity contribution in [1.29, 1.82) is 0 Å². The fourth-order valence-electron chi connectivity index (χ4n) is 1.15. The molecule has 0 atom stereocenters. The Hall–Kier alpha value is -1.08. The van der Waals surface area contributed by atoms with Crippen LogP contribution in [0.15, 0.2) is 15.9 Å². The van der Waals surface area contributed by atoms with Crippen molar-refractivity contribution >= 4 is 39.3 Å². The predicted octanol–water partition coefficient (Wildman–Crippen LogP) is 2.13. The lowest BCUT2D eigenvalue weighted by molar-refractivity contribution is -0.136. The minimum absolute atomic E-state index is 0.0653. The second-order valence-corrected chi connectivity index (χ2v) is 5.99. The van der Waals surface area contributed by atoms with Crippen molar-refractivity contribution in [3.8, 4) is 0 Å². The molecule has 7 heteroatoms. The molecule has 0 aromatic carbocycles. The van der Waals surface area contributed by atoms with Crippen LogP contribution in [0, 0.1) is 0 Å². The number of carboxylic acid groups (broad SMARTS) is 1. The summed E-state index contributed by atoms with van der Waals surface area (Å²) in [5.74, 6) is -0.921. The smallest absolute Gasteiger partial charge is 0.317 e. The van der Waals surface area contributed by atoms with Crippen LogP contribution in [0.3, 0.4) is 0 Å². The average Bonchev–Trinajstić information content (AvgIpc) is 2.63. The molecule has 0 saturated carbocycles. The van der Waals surface area contributed by atoms with E-state index in [-0.39, 0.29) is 19.0 Å². The van der Waals surface area contributed by atoms with E-state index < -0.39 is 5.97 Å². The average molecular weight is 321 g/mol. The second kappa shape index (κ2) is 6.61. The first kappa shape index (κ1) is 14.0. The molecular weight excluding hydrogens is 308 g/mol. The van der Waals surface area contributed by atoms with E-state index in [1.807, 2.05) is 12.1 Å². The molecule has 94 valence electrons. The van der Waals surface area contributed by atoms with E-state index in [4.69, 9.17) is 5.11 Å². The Balaban J connectivity index is 2.34. The van der Waals surface area contributed by atoms with Gasteiger partial charge in [-0.3, -0.25) is 4.79 Å². The van der Waals surface area contributed by atoms with E-state index in [9.17, 15) is 9.59 Å². The topological polar surface area (TPSA) is 69.6 Å². The zero-order chi connectivity index (χ0) is 12.8. The van der Waals surface area contributed by atoms with Gasteiger partial charge in [-0.2, -0.15) is 0 Å². The third kappa shape index (κ3) is 5.18. The number of aliphatic carboxylic acids is 1. The molecule has 0 spiro atoms. The summed E-state index contributed by atoms with van der Waals surface area (Å²) in [4.78, 5) is 24.4. The van der Waals surface area contributed by atoms with Crippen LogP contribution < -0.4 is 5.32 Å². The Bertz CT molecular complexity index is 408. The third-order valence-electron chi connectivity index (χ3n) is 1.98. The van der Waals surface area contributed by atoms with Crippen LogP contribution in [0.2, 0.25) is 0 Å². The van der Waals surface area contributed by atoms with Crippen molar-refractivity contribution in [1.82, 2.24) is 10.2 Å². The number of amides is 2. The number of nitrogens with one attached hydrogen (secondary N) is 1. The molecule has 0 saturated heterocycles. The molecule has 0 fully saturated rings. The molecule has 5 nitrogen and oxygen atoms in total. The van der Waals surface area contributed by atoms with E-state index in [1.54, 1.807) is 18.4 Å². The van der Waals surface area contributed by atoms with Crippen LogP contribution in [0.5, 0.6) is 0 Å². The van der Waals surface area contributed by atoms with Crippen molar-refractivity contribution in [3.05, 3.63) is 20.8 Å². The Kier molecular flexibility index (Phi) is 5.43. The van der Waals surface area contributed by atoms with Gasteiger partial charge in [0.05, 0.1) is 16.8 Å². The lowest BCUT2D eigenvalue weighted by atomic mass is 10.4. The number of carboxylic acids is 1. The number of hydrogen-bond acceptors (Lipinski definition) is 3. The van der Waals surface area contributed by atoms with Crippen molar-refractivity contribution in [2.45, 2.75) is 13.0 Å². The van der Waals surface area contributed by atoms with Crippen LogP contribution in [0.25, 0.3) is 0 Å². The van der Waals surface area contributed by atoms with Gasteiger partial charge >= 0.3 is 12.0 Å². The summed E-state index contributed by atoms with van der Waals surface area (Å²) >= 11 is 4.91. The molecule has 2 N–H and O–H groups in total. The van der Waals surface area contributed by atoms with Gasteiger partial charge in [0.1, 0.15) is 0 Å². The molecule has 1 aromatic rings. The molecule has 0 aliphatic heterocycles. The normalized spacial score (nSPS) is 10.0. The molecule has 1 rings (SSSR count). The highest BCUT2D eigenvalue weighted by Crippen LogP contribution is 2.22. The number of hydrogen-bond donors (Lipinski definition) is 2. The molecule has 0 aliphatic rings. The number of rotatable bonds is 5. The molecule has 17 heavy (non-hydrogen) atoms. The molecule has 0 radical (unpaired) electrons. The zero-order valence-corrected chi connectivity index (χ0v) is 11.7. The first-order valence-corrected chi connectivity index (χ1v) is 6.55. The molecule has 0 aliphatic carbocycles. The highest BCUT2D eigenvalue weighted by Gasteiger charge is 2.10. The lowest BCUT2D eigenvalue weighted by Gasteiger charge is -2.16. The Morgan fingerprint density at radius 3 is 2.76 bits per heavy atom. The largest absolute Gasteiger partial charge is 0.481 e. The van der Waals surface area contributed by atoms with Gasteiger partial charge in [0, 0.05) is 18.5 Å².